The molecule has 0 N–H and O–H groups in total. The van der Waals surface area contributed by atoms with Crippen LogP contribution < -0.4 is 0 Å². The summed E-state index contributed by atoms with van der Waals surface area (Å²) in [5, 5.41) is 4.06. The van der Waals surface area contributed by atoms with Crippen molar-refractivity contribution in [3.05, 3.63) is 35.9 Å². The van der Waals surface area contributed by atoms with E-state index in [-0.39, 0.29) is 12.4 Å². The van der Waals surface area contributed by atoms with Gasteiger partial charge in [-0.05, 0) is 40.3 Å². The smallest absolute Gasteiger partial charge is 0.313 e. The summed E-state index contributed by atoms with van der Waals surface area (Å²) in [6, 6.07) is 8.91. The maximum Gasteiger partial charge on any atom is 0.365 e. The number of carbonyl (C=O) groups excluding carboxylic acids is 1. The first-order valence-electron chi connectivity index (χ1n) is 7.10. The highest BCUT2D eigenvalue weighted by Gasteiger charge is 2.08. The van der Waals surface area contributed by atoms with Crippen LogP contribution in [0.15, 0.2) is 35.5 Å². The van der Waals surface area contributed by atoms with E-state index in [9.17, 15) is 4.79 Å². The SMILES string of the molecule is CN(C)CCC(CCN(C)C)=NOC(=O)c1ccccc1.Cl. The van der Waals surface area contributed by atoms with Gasteiger partial charge >= 0.3 is 5.97 Å². The molecule has 0 spiro atoms. The number of hydrogen-bond donors (Lipinski definition) is 0. The van der Waals surface area contributed by atoms with Gasteiger partial charge in [0.1, 0.15) is 0 Å². The van der Waals surface area contributed by atoms with Crippen LogP contribution in [0.5, 0.6) is 0 Å². The van der Waals surface area contributed by atoms with Crippen LogP contribution in [0, 0.1) is 0 Å². The topological polar surface area (TPSA) is 45.1 Å². The lowest BCUT2D eigenvalue weighted by molar-refractivity contribution is 0.0514. The van der Waals surface area contributed by atoms with Crippen molar-refractivity contribution in [2.24, 2.45) is 5.16 Å². The summed E-state index contributed by atoms with van der Waals surface area (Å²) in [5.74, 6) is -0.414. The zero-order valence-corrected chi connectivity index (χ0v) is 14.6. The van der Waals surface area contributed by atoms with Crippen molar-refractivity contribution in [2.75, 3.05) is 41.3 Å². The van der Waals surface area contributed by atoms with Gasteiger partial charge in [0.2, 0.25) is 0 Å². The number of rotatable bonds is 8. The first-order chi connectivity index (χ1) is 9.99. The van der Waals surface area contributed by atoms with Gasteiger partial charge in [0.15, 0.2) is 0 Å². The highest BCUT2D eigenvalue weighted by molar-refractivity contribution is 5.90. The second-order valence-electron chi connectivity index (χ2n) is 5.51. The lowest BCUT2D eigenvalue weighted by Gasteiger charge is -2.13. The molecule has 1 rings (SSSR count). The van der Waals surface area contributed by atoms with Crippen molar-refractivity contribution in [3.63, 3.8) is 0 Å². The van der Waals surface area contributed by atoms with E-state index in [1.54, 1.807) is 24.3 Å². The molecular formula is C16H26ClN3O2. The Morgan fingerprint density at radius 1 is 1.00 bits per heavy atom. The molecule has 6 heteroatoms. The molecule has 0 fully saturated rings. The Morgan fingerprint density at radius 3 is 1.95 bits per heavy atom. The monoisotopic (exact) mass is 327 g/mol. The Bertz CT molecular complexity index is 448. The van der Waals surface area contributed by atoms with Gasteiger partial charge in [0.05, 0.1) is 11.3 Å². The Labute approximate surface area is 139 Å². The minimum atomic E-state index is -0.414. The number of carbonyl (C=O) groups is 1. The molecule has 0 bridgehead atoms. The number of halogens is 1. The first kappa shape index (κ1) is 20.6. The van der Waals surface area contributed by atoms with Gasteiger partial charge in [-0.3, -0.25) is 0 Å². The Morgan fingerprint density at radius 2 is 1.50 bits per heavy atom. The summed E-state index contributed by atoms with van der Waals surface area (Å²) in [7, 11) is 8.05. The van der Waals surface area contributed by atoms with Gasteiger partial charge in [-0.1, -0.05) is 23.4 Å². The van der Waals surface area contributed by atoms with E-state index >= 15 is 0 Å². The summed E-state index contributed by atoms with van der Waals surface area (Å²) in [5.41, 5.74) is 1.42. The standard InChI is InChI=1S/C16H25N3O2.ClH/c1-18(2)12-10-15(11-13-19(3)4)17-21-16(20)14-8-6-5-7-9-14;/h5-9H,10-13H2,1-4H3;1H. The molecule has 0 heterocycles. The molecule has 0 aromatic heterocycles. The van der Waals surface area contributed by atoms with Crippen molar-refractivity contribution in [3.8, 4) is 0 Å². The summed E-state index contributed by atoms with van der Waals surface area (Å²) >= 11 is 0. The van der Waals surface area contributed by atoms with Crippen LogP contribution >= 0.6 is 12.4 Å². The fourth-order valence-electron chi connectivity index (χ4n) is 1.65. The quantitative estimate of drug-likeness (QED) is 0.418. The fourth-order valence-corrected chi connectivity index (χ4v) is 1.65. The summed E-state index contributed by atoms with van der Waals surface area (Å²) in [6.45, 7) is 1.77. The molecule has 1 aromatic rings. The van der Waals surface area contributed by atoms with E-state index in [0.717, 1.165) is 31.6 Å². The molecule has 0 radical (unpaired) electrons. The highest BCUT2D eigenvalue weighted by atomic mass is 35.5. The molecule has 0 amide bonds. The average Bonchev–Trinajstić information content (AvgIpc) is 2.46. The molecule has 22 heavy (non-hydrogen) atoms. The normalized spacial score (nSPS) is 10.3. The number of benzene rings is 1. The average molecular weight is 328 g/mol. The molecule has 0 aliphatic heterocycles. The Balaban J connectivity index is 0.00000441. The van der Waals surface area contributed by atoms with E-state index in [1.165, 1.54) is 0 Å². The maximum absolute atomic E-state index is 11.9. The fraction of sp³-hybridized carbons (Fsp3) is 0.500. The third-order valence-electron chi connectivity index (χ3n) is 2.96. The molecule has 0 saturated carbocycles. The summed E-state index contributed by atoms with van der Waals surface area (Å²) in [6.07, 6.45) is 1.59. The van der Waals surface area contributed by atoms with Gasteiger partial charge < -0.3 is 14.6 Å². The van der Waals surface area contributed by atoms with E-state index < -0.39 is 5.97 Å². The molecule has 1 aromatic carbocycles. The predicted molar refractivity (Wildman–Crippen MR) is 92.9 cm³/mol. The minimum Gasteiger partial charge on any atom is -0.313 e. The lowest BCUT2D eigenvalue weighted by atomic mass is 10.2. The maximum atomic E-state index is 11.9. The van der Waals surface area contributed by atoms with E-state index in [0.29, 0.717) is 5.56 Å². The molecule has 0 unspecified atom stereocenters. The van der Waals surface area contributed by atoms with Crippen LogP contribution in [0.25, 0.3) is 0 Å². The first-order valence-corrected chi connectivity index (χ1v) is 7.10. The summed E-state index contributed by atoms with van der Waals surface area (Å²) < 4.78 is 0. The largest absolute Gasteiger partial charge is 0.365 e. The zero-order valence-electron chi connectivity index (χ0n) is 13.8. The van der Waals surface area contributed by atoms with Gasteiger partial charge in [0.25, 0.3) is 0 Å². The minimum absolute atomic E-state index is 0. The molecule has 5 nitrogen and oxygen atoms in total. The van der Waals surface area contributed by atoms with Crippen LogP contribution in [0.1, 0.15) is 23.2 Å². The molecule has 0 saturated heterocycles. The number of nitrogens with zero attached hydrogens (tertiary/aromatic N) is 3. The second-order valence-corrected chi connectivity index (χ2v) is 5.51. The van der Waals surface area contributed by atoms with Crippen LogP contribution in [0.3, 0.4) is 0 Å². The third kappa shape index (κ3) is 8.77. The summed E-state index contributed by atoms with van der Waals surface area (Å²) in [4.78, 5) is 21.1. The van der Waals surface area contributed by atoms with Crippen LogP contribution in [0.4, 0.5) is 0 Å². The van der Waals surface area contributed by atoms with Crippen molar-refractivity contribution >= 4 is 24.1 Å². The van der Waals surface area contributed by atoms with Crippen LogP contribution in [-0.4, -0.2) is 62.8 Å². The zero-order chi connectivity index (χ0) is 15.7. The molecule has 0 aliphatic rings. The van der Waals surface area contributed by atoms with Crippen LogP contribution in [0.2, 0.25) is 0 Å². The molecule has 124 valence electrons. The Kier molecular flexibility index (Phi) is 10.5. The molecular weight excluding hydrogens is 302 g/mol. The van der Waals surface area contributed by atoms with Gasteiger partial charge in [-0.2, -0.15) is 0 Å². The third-order valence-corrected chi connectivity index (χ3v) is 2.96. The number of oxime groups is 1. The van der Waals surface area contributed by atoms with Gasteiger partial charge in [-0.15, -0.1) is 12.4 Å². The predicted octanol–water partition coefficient (Wildman–Crippen LogP) is 2.52. The lowest BCUT2D eigenvalue weighted by Crippen LogP contribution is -2.21. The van der Waals surface area contributed by atoms with E-state index in [4.69, 9.17) is 4.84 Å². The van der Waals surface area contributed by atoms with Gasteiger partial charge in [0, 0.05) is 25.9 Å². The van der Waals surface area contributed by atoms with Crippen molar-refractivity contribution in [1.82, 2.24) is 9.80 Å². The van der Waals surface area contributed by atoms with E-state index in [1.807, 2.05) is 34.3 Å². The Hall–Kier alpha value is -1.43. The highest BCUT2D eigenvalue weighted by Crippen LogP contribution is 2.03. The van der Waals surface area contributed by atoms with Crippen molar-refractivity contribution < 1.29 is 9.63 Å². The van der Waals surface area contributed by atoms with Crippen molar-refractivity contribution in [2.45, 2.75) is 12.8 Å². The molecule has 0 aliphatic carbocycles. The van der Waals surface area contributed by atoms with Crippen LogP contribution in [-0.2, 0) is 4.84 Å². The number of hydrogen-bond acceptors (Lipinski definition) is 5. The second kappa shape index (κ2) is 11.2. The van der Waals surface area contributed by atoms with Crippen molar-refractivity contribution in [1.29, 1.82) is 0 Å². The van der Waals surface area contributed by atoms with Gasteiger partial charge in [-0.25, -0.2) is 4.79 Å². The van der Waals surface area contributed by atoms with E-state index in [2.05, 4.69) is 15.0 Å². The molecule has 0 atom stereocenters.